The van der Waals surface area contributed by atoms with Gasteiger partial charge in [-0.3, -0.25) is 9.68 Å². The number of hydrogen-bond donors (Lipinski definition) is 1. The van der Waals surface area contributed by atoms with Crippen molar-refractivity contribution in [2.45, 2.75) is 0 Å². The van der Waals surface area contributed by atoms with Gasteiger partial charge in [0.05, 0.1) is 0 Å². The summed E-state index contributed by atoms with van der Waals surface area (Å²) in [5.41, 5.74) is 1.12. The van der Waals surface area contributed by atoms with Crippen molar-refractivity contribution < 1.29 is 24.5 Å². The Morgan fingerprint density at radius 2 is 1.50 bits per heavy atom. The molecule has 2 rings (SSSR count). The van der Waals surface area contributed by atoms with Crippen molar-refractivity contribution >= 4 is 11.8 Å². The third-order valence-corrected chi connectivity index (χ3v) is 2.61. The quantitative estimate of drug-likeness (QED) is 0.513. The van der Waals surface area contributed by atoms with Crippen LogP contribution in [-0.2, 0) is 9.68 Å². The highest BCUT2D eigenvalue weighted by atomic mass is 17.1. The van der Waals surface area contributed by atoms with Gasteiger partial charge in [0.15, 0.2) is 12.4 Å². The molecule has 2 aromatic rings. The van der Waals surface area contributed by atoms with Crippen molar-refractivity contribution in [2.24, 2.45) is 0 Å². The van der Waals surface area contributed by atoms with Crippen LogP contribution in [-0.4, -0.2) is 23.6 Å². The standard InChI is InChI=1S/C15H12O5/c16-14(20-18)10-19-13-8-6-12(7-9-13)15(17)11-4-2-1-3-5-11/h1-9,18H,10H2. The molecule has 0 aliphatic carbocycles. The van der Waals surface area contributed by atoms with E-state index in [0.29, 0.717) is 16.9 Å². The van der Waals surface area contributed by atoms with E-state index in [0.717, 1.165) is 0 Å². The predicted molar refractivity (Wildman–Crippen MR) is 70.5 cm³/mol. The normalized spacial score (nSPS) is 9.85. The lowest BCUT2D eigenvalue weighted by Gasteiger charge is -2.05. The van der Waals surface area contributed by atoms with Crippen LogP contribution < -0.4 is 4.74 Å². The number of benzene rings is 2. The molecule has 0 saturated carbocycles. The maximum atomic E-state index is 12.1. The van der Waals surface area contributed by atoms with E-state index in [4.69, 9.17) is 9.99 Å². The molecule has 0 saturated heterocycles. The van der Waals surface area contributed by atoms with E-state index in [-0.39, 0.29) is 5.78 Å². The highest BCUT2D eigenvalue weighted by Gasteiger charge is 2.09. The highest BCUT2D eigenvalue weighted by molar-refractivity contribution is 6.08. The number of carbonyl (C=O) groups excluding carboxylic acids is 2. The largest absolute Gasteiger partial charge is 0.482 e. The molecule has 0 radical (unpaired) electrons. The molecule has 0 fully saturated rings. The topological polar surface area (TPSA) is 72.8 Å². The second kappa shape index (κ2) is 6.49. The average Bonchev–Trinajstić information content (AvgIpc) is 2.53. The number of rotatable bonds is 5. The zero-order valence-electron chi connectivity index (χ0n) is 10.5. The molecule has 0 atom stereocenters. The smallest absolute Gasteiger partial charge is 0.379 e. The Bertz CT molecular complexity index is 589. The van der Waals surface area contributed by atoms with Crippen LogP contribution in [0.15, 0.2) is 54.6 Å². The zero-order chi connectivity index (χ0) is 14.4. The average molecular weight is 272 g/mol. The summed E-state index contributed by atoms with van der Waals surface area (Å²) in [4.78, 5) is 26.3. The van der Waals surface area contributed by atoms with Gasteiger partial charge in [0.25, 0.3) is 0 Å². The minimum absolute atomic E-state index is 0.0908. The van der Waals surface area contributed by atoms with Crippen LogP contribution in [0.5, 0.6) is 5.75 Å². The summed E-state index contributed by atoms with van der Waals surface area (Å²) in [6.07, 6.45) is 0. The minimum atomic E-state index is -0.894. The first kappa shape index (κ1) is 13.8. The van der Waals surface area contributed by atoms with Crippen molar-refractivity contribution in [1.29, 1.82) is 0 Å². The fourth-order valence-corrected chi connectivity index (χ4v) is 1.63. The first-order valence-electron chi connectivity index (χ1n) is 5.87. The van der Waals surface area contributed by atoms with Gasteiger partial charge in [-0.25, -0.2) is 4.79 Å². The predicted octanol–water partition coefficient (Wildman–Crippen LogP) is 2.31. The van der Waals surface area contributed by atoms with E-state index in [2.05, 4.69) is 4.89 Å². The molecule has 102 valence electrons. The first-order valence-corrected chi connectivity index (χ1v) is 5.87. The van der Waals surface area contributed by atoms with Gasteiger partial charge >= 0.3 is 5.97 Å². The van der Waals surface area contributed by atoms with Crippen LogP contribution in [0.2, 0.25) is 0 Å². The summed E-state index contributed by atoms with van der Waals surface area (Å²) in [5, 5.41) is 8.08. The maximum absolute atomic E-state index is 12.1. The Kier molecular flexibility index (Phi) is 4.47. The lowest BCUT2D eigenvalue weighted by Crippen LogP contribution is -2.12. The summed E-state index contributed by atoms with van der Waals surface area (Å²) in [5.74, 6) is -0.582. The number of ether oxygens (including phenoxy) is 1. The van der Waals surface area contributed by atoms with Gasteiger partial charge < -0.3 is 4.74 Å². The SMILES string of the molecule is O=C(COc1ccc(C(=O)c2ccccc2)cc1)OO. The molecule has 0 spiro atoms. The Labute approximate surface area is 115 Å². The maximum Gasteiger partial charge on any atom is 0.379 e. The molecule has 5 nitrogen and oxygen atoms in total. The zero-order valence-corrected chi connectivity index (χ0v) is 10.5. The summed E-state index contributed by atoms with van der Waals surface area (Å²) in [6.45, 7) is -0.400. The van der Waals surface area contributed by atoms with Crippen molar-refractivity contribution in [3.8, 4) is 5.75 Å². The lowest BCUT2D eigenvalue weighted by atomic mass is 10.0. The van der Waals surface area contributed by atoms with Crippen LogP contribution in [0.4, 0.5) is 0 Å². The Hall–Kier alpha value is -2.66. The van der Waals surface area contributed by atoms with Crippen LogP contribution in [0.25, 0.3) is 0 Å². The summed E-state index contributed by atoms with van der Waals surface area (Å²) >= 11 is 0. The fourth-order valence-electron chi connectivity index (χ4n) is 1.63. The molecular formula is C15H12O5. The number of hydrogen-bond acceptors (Lipinski definition) is 5. The van der Waals surface area contributed by atoms with E-state index in [1.54, 1.807) is 48.5 Å². The Morgan fingerprint density at radius 3 is 2.10 bits per heavy atom. The molecule has 0 amide bonds. The third-order valence-electron chi connectivity index (χ3n) is 2.61. The van der Waals surface area contributed by atoms with Crippen molar-refractivity contribution in [2.75, 3.05) is 6.61 Å². The molecule has 2 aromatic carbocycles. The van der Waals surface area contributed by atoms with E-state index in [9.17, 15) is 9.59 Å². The van der Waals surface area contributed by atoms with Crippen molar-refractivity contribution in [1.82, 2.24) is 0 Å². The second-order valence-electron chi connectivity index (χ2n) is 3.97. The van der Waals surface area contributed by atoms with Gasteiger partial charge in [-0.1, -0.05) is 30.3 Å². The van der Waals surface area contributed by atoms with Crippen LogP contribution in [0.3, 0.4) is 0 Å². The number of carbonyl (C=O) groups is 2. The monoisotopic (exact) mass is 272 g/mol. The van der Waals surface area contributed by atoms with Gasteiger partial charge in [-0.15, -0.1) is 0 Å². The molecule has 0 unspecified atom stereocenters. The van der Waals surface area contributed by atoms with E-state index in [1.807, 2.05) is 6.07 Å². The fraction of sp³-hybridized carbons (Fsp3) is 0.0667. The molecule has 5 heteroatoms. The highest BCUT2D eigenvalue weighted by Crippen LogP contribution is 2.15. The Balaban J connectivity index is 2.05. The molecule has 0 heterocycles. The van der Waals surface area contributed by atoms with Crippen LogP contribution >= 0.6 is 0 Å². The minimum Gasteiger partial charge on any atom is -0.482 e. The van der Waals surface area contributed by atoms with Gasteiger partial charge in [-0.05, 0) is 24.3 Å². The summed E-state index contributed by atoms with van der Waals surface area (Å²) < 4.78 is 5.05. The molecule has 20 heavy (non-hydrogen) atoms. The van der Waals surface area contributed by atoms with Gasteiger partial charge in [0.2, 0.25) is 0 Å². The van der Waals surface area contributed by atoms with Crippen molar-refractivity contribution in [3.63, 3.8) is 0 Å². The van der Waals surface area contributed by atoms with Crippen LogP contribution in [0.1, 0.15) is 15.9 Å². The molecule has 0 aliphatic heterocycles. The lowest BCUT2D eigenvalue weighted by molar-refractivity contribution is -0.236. The molecule has 0 aromatic heterocycles. The summed E-state index contributed by atoms with van der Waals surface area (Å²) in [7, 11) is 0. The third kappa shape index (κ3) is 3.43. The van der Waals surface area contributed by atoms with Gasteiger partial charge in [-0.2, -0.15) is 5.26 Å². The number of ketones is 1. The Morgan fingerprint density at radius 1 is 0.900 bits per heavy atom. The molecule has 1 N–H and O–H groups in total. The van der Waals surface area contributed by atoms with E-state index >= 15 is 0 Å². The first-order chi connectivity index (χ1) is 9.70. The second-order valence-corrected chi connectivity index (χ2v) is 3.97. The van der Waals surface area contributed by atoms with Gasteiger partial charge in [0, 0.05) is 11.1 Å². The molecule has 0 aliphatic rings. The molecular weight excluding hydrogens is 260 g/mol. The molecule has 0 bridgehead atoms. The van der Waals surface area contributed by atoms with E-state index < -0.39 is 12.6 Å². The van der Waals surface area contributed by atoms with E-state index in [1.165, 1.54) is 0 Å². The van der Waals surface area contributed by atoms with Crippen LogP contribution in [0, 0.1) is 0 Å². The van der Waals surface area contributed by atoms with Crippen molar-refractivity contribution in [3.05, 3.63) is 65.7 Å². The van der Waals surface area contributed by atoms with Gasteiger partial charge in [0.1, 0.15) is 5.75 Å². The summed E-state index contributed by atoms with van der Waals surface area (Å²) in [6, 6.07) is 15.3.